The number of amides is 1. The number of nitrogen functional groups attached to an aromatic ring is 1. The topological polar surface area (TPSA) is 83.8 Å². The monoisotopic (exact) mass is 222 g/mol. The molecule has 88 valence electrons. The van der Waals surface area contributed by atoms with Crippen LogP contribution in [0.3, 0.4) is 0 Å². The maximum atomic E-state index is 11.7. The molecule has 5 heteroatoms. The molecule has 1 aliphatic carbocycles. The van der Waals surface area contributed by atoms with Gasteiger partial charge in [-0.25, -0.2) is 0 Å². The third-order valence-corrected chi connectivity index (χ3v) is 3.17. The van der Waals surface area contributed by atoms with Crippen molar-refractivity contribution in [2.75, 3.05) is 12.3 Å². The molecule has 0 atom stereocenters. The minimum absolute atomic E-state index is 0.152. The van der Waals surface area contributed by atoms with Gasteiger partial charge in [-0.3, -0.25) is 9.89 Å². The van der Waals surface area contributed by atoms with E-state index in [0.717, 1.165) is 6.54 Å². The molecule has 2 rings (SSSR count). The van der Waals surface area contributed by atoms with Crippen molar-refractivity contribution < 1.29 is 4.79 Å². The van der Waals surface area contributed by atoms with Gasteiger partial charge >= 0.3 is 0 Å². The Morgan fingerprint density at radius 3 is 2.88 bits per heavy atom. The fraction of sp³-hybridized carbons (Fsp3) is 0.636. The summed E-state index contributed by atoms with van der Waals surface area (Å²) in [5, 5.41) is 9.24. The molecule has 1 amide bonds. The summed E-state index contributed by atoms with van der Waals surface area (Å²) < 4.78 is 0. The van der Waals surface area contributed by atoms with E-state index in [4.69, 9.17) is 5.73 Å². The van der Waals surface area contributed by atoms with E-state index in [-0.39, 0.29) is 5.91 Å². The van der Waals surface area contributed by atoms with Crippen LogP contribution in [-0.4, -0.2) is 22.6 Å². The first kappa shape index (κ1) is 11.0. The predicted molar refractivity (Wildman–Crippen MR) is 61.9 cm³/mol. The lowest BCUT2D eigenvalue weighted by atomic mass is 9.89. The summed E-state index contributed by atoms with van der Waals surface area (Å²) in [5.74, 6) is 0.474. The number of nitrogens with zero attached hydrogens (tertiary/aromatic N) is 1. The zero-order chi connectivity index (χ0) is 11.4. The normalized spacial score (nSPS) is 17.2. The van der Waals surface area contributed by atoms with Gasteiger partial charge in [-0.1, -0.05) is 19.3 Å². The van der Waals surface area contributed by atoms with E-state index >= 15 is 0 Å². The highest BCUT2D eigenvalue weighted by Crippen LogP contribution is 2.22. The van der Waals surface area contributed by atoms with E-state index in [1.807, 2.05) is 0 Å². The molecule has 0 spiro atoms. The molecule has 16 heavy (non-hydrogen) atoms. The van der Waals surface area contributed by atoms with E-state index in [2.05, 4.69) is 15.5 Å². The second-order valence-electron chi connectivity index (χ2n) is 4.41. The lowest BCUT2D eigenvalue weighted by molar-refractivity contribution is 0.0939. The molecule has 1 aliphatic rings. The molecule has 0 unspecified atom stereocenters. The largest absolute Gasteiger partial charge is 0.396 e. The maximum Gasteiger partial charge on any atom is 0.271 e. The summed E-state index contributed by atoms with van der Waals surface area (Å²) in [6, 6.07) is 0. The van der Waals surface area contributed by atoms with Crippen LogP contribution in [0.15, 0.2) is 6.20 Å². The zero-order valence-corrected chi connectivity index (χ0v) is 9.33. The first-order valence-corrected chi connectivity index (χ1v) is 5.84. The average molecular weight is 222 g/mol. The Balaban J connectivity index is 1.81. The third kappa shape index (κ3) is 2.53. The maximum absolute atomic E-state index is 11.7. The van der Waals surface area contributed by atoms with Gasteiger partial charge in [0.1, 0.15) is 5.69 Å². The number of anilines is 1. The highest BCUT2D eigenvalue weighted by molar-refractivity contribution is 5.96. The number of hydrogen-bond acceptors (Lipinski definition) is 3. The number of nitrogens with two attached hydrogens (primary N) is 1. The Labute approximate surface area is 94.8 Å². The molecule has 1 fully saturated rings. The quantitative estimate of drug-likeness (QED) is 0.720. The number of hydrogen-bond donors (Lipinski definition) is 3. The highest BCUT2D eigenvalue weighted by atomic mass is 16.1. The third-order valence-electron chi connectivity index (χ3n) is 3.17. The molecule has 0 radical (unpaired) electrons. The number of aromatic nitrogens is 2. The van der Waals surface area contributed by atoms with Crippen molar-refractivity contribution in [2.24, 2.45) is 5.92 Å². The molecule has 1 aromatic heterocycles. The van der Waals surface area contributed by atoms with E-state index in [1.54, 1.807) is 0 Å². The lowest BCUT2D eigenvalue weighted by Crippen LogP contribution is -2.30. The van der Waals surface area contributed by atoms with Crippen LogP contribution in [0.5, 0.6) is 0 Å². The Morgan fingerprint density at radius 2 is 2.25 bits per heavy atom. The summed E-state index contributed by atoms with van der Waals surface area (Å²) in [6.07, 6.45) is 7.80. The number of H-pyrrole nitrogens is 1. The van der Waals surface area contributed by atoms with Crippen LogP contribution in [0.25, 0.3) is 0 Å². The van der Waals surface area contributed by atoms with Crippen LogP contribution >= 0.6 is 0 Å². The SMILES string of the molecule is Nc1cn[nH]c1C(=O)NCC1CCCCC1. The molecule has 0 aliphatic heterocycles. The van der Waals surface area contributed by atoms with Crippen LogP contribution < -0.4 is 11.1 Å². The fourth-order valence-electron chi connectivity index (χ4n) is 2.19. The molecule has 0 aromatic carbocycles. The van der Waals surface area contributed by atoms with Gasteiger partial charge in [0, 0.05) is 6.54 Å². The molecule has 1 saturated carbocycles. The number of carbonyl (C=O) groups is 1. The van der Waals surface area contributed by atoms with Gasteiger partial charge in [0.2, 0.25) is 0 Å². The van der Waals surface area contributed by atoms with Crippen LogP contribution in [-0.2, 0) is 0 Å². The van der Waals surface area contributed by atoms with Crippen LogP contribution in [0, 0.1) is 5.92 Å². The Morgan fingerprint density at radius 1 is 1.50 bits per heavy atom. The van der Waals surface area contributed by atoms with Gasteiger partial charge in [-0.05, 0) is 18.8 Å². The molecule has 0 bridgehead atoms. The predicted octanol–water partition coefficient (Wildman–Crippen LogP) is 1.30. The average Bonchev–Trinajstić information content (AvgIpc) is 2.74. The van der Waals surface area contributed by atoms with E-state index in [0.29, 0.717) is 17.3 Å². The molecular weight excluding hydrogens is 204 g/mol. The Hall–Kier alpha value is -1.52. The molecule has 1 aromatic rings. The molecular formula is C11H18N4O. The molecule has 4 N–H and O–H groups in total. The summed E-state index contributed by atoms with van der Waals surface area (Å²) >= 11 is 0. The second-order valence-corrected chi connectivity index (χ2v) is 4.41. The second kappa shape index (κ2) is 5.01. The summed E-state index contributed by atoms with van der Waals surface area (Å²) in [5.41, 5.74) is 6.37. The summed E-state index contributed by atoms with van der Waals surface area (Å²) in [4.78, 5) is 11.7. The first-order chi connectivity index (χ1) is 7.77. The minimum Gasteiger partial charge on any atom is -0.396 e. The molecule has 0 saturated heterocycles. The van der Waals surface area contributed by atoms with E-state index < -0.39 is 0 Å². The minimum atomic E-state index is -0.152. The van der Waals surface area contributed by atoms with Crippen molar-refractivity contribution in [3.8, 4) is 0 Å². The molecule has 5 nitrogen and oxygen atoms in total. The van der Waals surface area contributed by atoms with Crippen LogP contribution in [0.4, 0.5) is 5.69 Å². The zero-order valence-electron chi connectivity index (χ0n) is 9.33. The van der Waals surface area contributed by atoms with Gasteiger partial charge in [-0.15, -0.1) is 0 Å². The van der Waals surface area contributed by atoms with Crippen molar-refractivity contribution >= 4 is 11.6 Å². The van der Waals surface area contributed by atoms with Gasteiger partial charge in [0.25, 0.3) is 5.91 Å². The number of nitrogens with one attached hydrogen (secondary N) is 2. The van der Waals surface area contributed by atoms with Gasteiger partial charge in [0.15, 0.2) is 0 Å². The van der Waals surface area contributed by atoms with Crippen molar-refractivity contribution in [2.45, 2.75) is 32.1 Å². The van der Waals surface area contributed by atoms with E-state index in [9.17, 15) is 4.79 Å². The fourth-order valence-corrected chi connectivity index (χ4v) is 2.19. The first-order valence-electron chi connectivity index (χ1n) is 5.84. The van der Waals surface area contributed by atoms with Gasteiger partial charge in [-0.2, -0.15) is 5.10 Å². The highest BCUT2D eigenvalue weighted by Gasteiger charge is 2.16. The van der Waals surface area contributed by atoms with Crippen molar-refractivity contribution in [3.63, 3.8) is 0 Å². The summed E-state index contributed by atoms with van der Waals surface area (Å²) in [7, 11) is 0. The Kier molecular flexibility index (Phi) is 3.44. The van der Waals surface area contributed by atoms with Gasteiger partial charge in [0.05, 0.1) is 11.9 Å². The summed E-state index contributed by atoms with van der Waals surface area (Å²) in [6.45, 7) is 0.747. The number of aromatic amines is 1. The molecule has 1 heterocycles. The van der Waals surface area contributed by atoms with Gasteiger partial charge < -0.3 is 11.1 Å². The Bertz CT molecular complexity index is 355. The smallest absolute Gasteiger partial charge is 0.271 e. The number of rotatable bonds is 3. The standard InChI is InChI=1S/C11H18N4O/c12-9-7-14-15-10(9)11(16)13-6-8-4-2-1-3-5-8/h7-8H,1-6,12H2,(H,13,16)(H,14,15). The van der Waals surface area contributed by atoms with Crippen molar-refractivity contribution in [1.82, 2.24) is 15.5 Å². The van der Waals surface area contributed by atoms with Crippen molar-refractivity contribution in [1.29, 1.82) is 0 Å². The lowest BCUT2D eigenvalue weighted by Gasteiger charge is -2.21. The number of carbonyl (C=O) groups excluding carboxylic acids is 1. The van der Waals surface area contributed by atoms with Crippen LogP contribution in [0.2, 0.25) is 0 Å². The van der Waals surface area contributed by atoms with Crippen LogP contribution in [0.1, 0.15) is 42.6 Å². The van der Waals surface area contributed by atoms with E-state index in [1.165, 1.54) is 38.3 Å². The van der Waals surface area contributed by atoms with Crippen molar-refractivity contribution in [3.05, 3.63) is 11.9 Å².